The predicted octanol–water partition coefficient (Wildman–Crippen LogP) is 2.52. The smallest absolute Gasteiger partial charge is 0.314 e. The molecular formula is C10H9ClO2. The van der Waals surface area contributed by atoms with E-state index < -0.39 is 0 Å². The summed E-state index contributed by atoms with van der Waals surface area (Å²) in [4.78, 5) is 10.8. The van der Waals surface area contributed by atoms with E-state index >= 15 is 0 Å². The van der Waals surface area contributed by atoms with Crippen LogP contribution in [-0.2, 0) is 9.53 Å². The van der Waals surface area contributed by atoms with Crippen molar-refractivity contribution in [3.8, 4) is 0 Å². The number of rotatable bonds is 1. The highest BCUT2D eigenvalue weighted by molar-refractivity contribution is 6.29. The Morgan fingerprint density at radius 3 is 3.00 bits per heavy atom. The summed E-state index contributed by atoms with van der Waals surface area (Å²) in [5.41, 5.74) is 0. The third-order valence-electron chi connectivity index (χ3n) is 2.10. The Hall–Kier alpha value is -1.02. The second kappa shape index (κ2) is 3.38. The number of carbonyl (C=O) groups is 1. The van der Waals surface area contributed by atoms with E-state index in [1.807, 2.05) is 24.3 Å². The minimum Gasteiger partial charge on any atom is -0.431 e. The lowest BCUT2D eigenvalue weighted by molar-refractivity contribution is -0.137. The predicted molar refractivity (Wildman–Crippen MR) is 50.0 cm³/mol. The summed E-state index contributed by atoms with van der Waals surface area (Å²) >= 11 is 5.87. The zero-order chi connectivity index (χ0) is 9.26. The van der Waals surface area contributed by atoms with Gasteiger partial charge in [-0.15, -0.1) is 0 Å². The van der Waals surface area contributed by atoms with E-state index in [4.69, 9.17) is 16.3 Å². The summed E-state index contributed by atoms with van der Waals surface area (Å²) in [6.45, 7) is 0. The molecule has 0 aromatic rings. The first kappa shape index (κ1) is 8.57. The van der Waals surface area contributed by atoms with Crippen LogP contribution in [0, 0.1) is 5.92 Å². The molecule has 0 bridgehead atoms. The molecule has 1 aliphatic heterocycles. The van der Waals surface area contributed by atoms with Crippen molar-refractivity contribution in [3.05, 3.63) is 35.1 Å². The quantitative estimate of drug-likeness (QED) is 0.603. The molecule has 13 heavy (non-hydrogen) atoms. The van der Waals surface area contributed by atoms with Crippen LogP contribution in [0.25, 0.3) is 0 Å². The molecule has 1 atom stereocenters. The number of cyclic esters (lactones) is 1. The minimum absolute atomic E-state index is 0.143. The van der Waals surface area contributed by atoms with Gasteiger partial charge in [0.15, 0.2) is 0 Å². The van der Waals surface area contributed by atoms with E-state index in [2.05, 4.69) is 0 Å². The molecule has 0 spiro atoms. The van der Waals surface area contributed by atoms with E-state index in [0.29, 0.717) is 6.42 Å². The van der Waals surface area contributed by atoms with Crippen molar-refractivity contribution in [1.82, 2.24) is 0 Å². The van der Waals surface area contributed by atoms with Gasteiger partial charge in [-0.05, 0) is 18.6 Å². The van der Waals surface area contributed by atoms with Crippen molar-refractivity contribution in [1.29, 1.82) is 0 Å². The van der Waals surface area contributed by atoms with Crippen LogP contribution in [0.15, 0.2) is 35.1 Å². The molecule has 2 nitrogen and oxygen atoms in total. The van der Waals surface area contributed by atoms with E-state index in [1.165, 1.54) is 0 Å². The fraction of sp³-hybridized carbons (Fsp3) is 0.300. The maximum atomic E-state index is 10.8. The van der Waals surface area contributed by atoms with Crippen LogP contribution < -0.4 is 0 Å². The summed E-state index contributed by atoms with van der Waals surface area (Å²) in [5, 5.41) is 0.802. The number of ether oxygens (including phenoxy) is 1. The fourth-order valence-corrected chi connectivity index (χ4v) is 1.70. The lowest BCUT2D eigenvalue weighted by Crippen LogP contribution is -2.06. The highest BCUT2D eigenvalue weighted by Gasteiger charge is 2.22. The van der Waals surface area contributed by atoms with Gasteiger partial charge in [0.05, 0.1) is 6.42 Å². The Bertz CT molecular complexity index is 326. The van der Waals surface area contributed by atoms with Crippen LogP contribution in [0.2, 0.25) is 0 Å². The molecule has 2 rings (SSSR count). The Kier molecular flexibility index (Phi) is 2.23. The first-order valence-electron chi connectivity index (χ1n) is 4.19. The maximum absolute atomic E-state index is 10.8. The normalized spacial score (nSPS) is 26.8. The summed E-state index contributed by atoms with van der Waals surface area (Å²) < 4.78 is 5.03. The Morgan fingerprint density at radius 1 is 1.54 bits per heavy atom. The minimum atomic E-state index is -0.172. The summed E-state index contributed by atoms with van der Waals surface area (Å²) in [6.07, 6.45) is 8.69. The molecule has 0 saturated carbocycles. The topological polar surface area (TPSA) is 26.3 Å². The molecule has 0 amide bonds. The molecule has 3 heteroatoms. The Morgan fingerprint density at radius 2 is 2.38 bits per heavy atom. The van der Waals surface area contributed by atoms with Gasteiger partial charge < -0.3 is 4.74 Å². The first-order chi connectivity index (χ1) is 6.25. The van der Waals surface area contributed by atoms with Crippen LogP contribution in [0.1, 0.15) is 12.8 Å². The van der Waals surface area contributed by atoms with Crippen LogP contribution in [0.5, 0.6) is 0 Å². The van der Waals surface area contributed by atoms with E-state index in [1.54, 1.807) is 0 Å². The van der Waals surface area contributed by atoms with Crippen molar-refractivity contribution >= 4 is 17.6 Å². The van der Waals surface area contributed by atoms with Gasteiger partial charge in [-0.3, -0.25) is 4.79 Å². The number of hydrogen-bond acceptors (Lipinski definition) is 2. The third kappa shape index (κ3) is 1.83. The number of esters is 1. The monoisotopic (exact) mass is 196 g/mol. The number of allylic oxidation sites excluding steroid dienone is 4. The number of halogens is 1. The highest BCUT2D eigenvalue weighted by Crippen LogP contribution is 2.30. The average molecular weight is 197 g/mol. The lowest BCUT2D eigenvalue weighted by Gasteiger charge is -2.15. The molecule has 1 aliphatic carbocycles. The highest BCUT2D eigenvalue weighted by atomic mass is 35.5. The Labute approximate surface area is 81.5 Å². The van der Waals surface area contributed by atoms with Crippen LogP contribution in [0.4, 0.5) is 0 Å². The van der Waals surface area contributed by atoms with Gasteiger partial charge in [-0.2, -0.15) is 0 Å². The van der Waals surface area contributed by atoms with E-state index in [9.17, 15) is 4.79 Å². The van der Waals surface area contributed by atoms with Crippen LogP contribution >= 0.6 is 11.6 Å². The van der Waals surface area contributed by atoms with Gasteiger partial charge in [-0.1, -0.05) is 23.8 Å². The van der Waals surface area contributed by atoms with Gasteiger partial charge >= 0.3 is 5.97 Å². The largest absolute Gasteiger partial charge is 0.431 e. The SMILES string of the molecule is O=C1CC=C(C2C=CC=C(Cl)C2)O1. The van der Waals surface area contributed by atoms with Gasteiger partial charge in [0.25, 0.3) is 0 Å². The fourth-order valence-electron chi connectivity index (χ4n) is 1.46. The van der Waals surface area contributed by atoms with Gasteiger partial charge in [0.2, 0.25) is 0 Å². The molecule has 0 N–H and O–H groups in total. The summed E-state index contributed by atoms with van der Waals surface area (Å²) in [5.74, 6) is 0.713. The second-order valence-corrected chi connectivity index (χ2v) is 3.58. The molecule has 0 radical (unpaired) electrons. The van der Waals surface area contributed by atoms with Crippen molar-refractivity contribution in [2.24, 2.45) is 5.92 Å². The van der Waals surface area contributed by atoms with Gasteiger partial charge in [0, 0.05) is 11.0 Å². The first-order valence-corrected chi connectivity index (χ1v) is 4.57. The van der Waals surface area contributed by atoms with Crippen LogP contribution in [-0.4, -0.2) is 5.97 Å². The maximum Gasteiger partial charge on any atom is 0.314 e. The van der Waals surface area contributed by atoms with Crippen molar-refractivity contribution in [2.75, 3.05) is 0 Å². The zero-order valence-corrected chi connectivity index (χ0v) is 7.75. The Balaban J connectivity index is 2.08. The molecule has 1 unspecified atom stereocenters. The molecule has 2 aliphatic rings. The van der Waals surface area contributed by atoms with E-state index in [-0.39, 0.29) is 11.9 Å². The van der Waals surface area contributed by atoms with Gasteiger partial charge in [0.1, 0.15) is 5.76 Å². The summed E-state index contributed by atoms with van der Waals surface area (Å²) in [6, 6.07) is 0. The van der Waals surface area contributed by atoms with E-state index in [0.717, 1.165) is 17.2 Å². The standard InChI is InChI=1S/C10H9ClO2/c11-8-3-1-2-7(6-8)9-4-5-10(12)13-9/h1-4,7H,5-6H2. The van der Waals surface area contributed by atoms with Crippen molar-refractivity contribution in [2.45, 2.75) is 12.8 Å². The van der Waals surface area contributed by atoms with Gasteiger partial charge in [-0.25, -0.2) is 0 Å². The molecule has 0 aromatic carbocycles. The molecular weight excluding hydrogens is 188 g/mol. The average Bonchev–Trinajstić information content (AvgIpc) is 2.52. The van der Waals surface area contributed by atoms with Crippen molar-refractivity contribution in [3.63, 3.8) is 0 Å². The third-order valence-corrected chi connectivity index (χ3v) is 2.38. The molecule has 0 aromatic heterocycles. The second-order valence-electron chi connectivity index (χ2n) is 3.09. The van der Waals surface area contributed by atoms with Crippen LogP contribution in [0.3, 0.4) is 0 Å². The zero-order valence-electron chi connectivity index (χ0n) is 7.00. The molecule has 68 valence electrons. The number of carbonyl (C=O) groups excluding carboxylic acids is 1. The van der Waals surface area contributed by atoms with Crippen molar-refractivity contribution < 1.29 is 9.53 Å². The molecule has 0 fully saturated rings. The molecule has 1 heterocycles. The number of hydrogen-bond donors (Lipinski definition) is 0. The summed E-state index contributed by atoms with van der Waals surface area (Å²) in [7, 11) is 0. The lowest BCUT2D eigenvalue weighted by atomic mass is 9.98. The molecule has 0 saturated heterocycles.